The Labute approximate surface area is 124 Å². The maximum Gasteiger partial charge on any atom is 0.303 e. The van der Waals surface area contributed by atoms with Crippen molar-refractivity contribution < 1.29 is 19.4 Å². The molecule has 1 fully saturated rings. The predicted octanol–water partition coefficient (Wildman–Crippen LogP) is 2.01. The maximum atomic E-state index is 10.6. The molecular formula is C16H21NO4. The Balaban J connectivity index is 1.47. The van der Waals surface area contributed by atoms with Crippen molar-refractivity contribution in [1.29, 1.82) is 0 Å². The molecule has 0 aliphatic carbocycles. The standard InChI is InChI=1S/C16H21NO4/c18-16(19)6-5-12-7-8-17(9-12)10-13-11-20-14-3-1-2-4-15(14)21-13/h1-4,12-13H,5-11H2,(H,18,19). The van der Waals surface area contributed by atoms with Gasteiger partial charge in [0.25, 0.3) is 0 Å². The fourth-order valence-electron chi connectivity index (χ4n) is 3.08. The van der Waals surface area contributed by atoms with Crippen molar-refractivity contribution in [3.05, 3.63) is 24.3 Å². The molecule has 5 heteroatoms. The van der Waals surface area contributed by atoms with Gasteiger partial charge in [-0.1, -0.05) is 12.1 Å². The molecule has 0 amide bonds. The highest BCUT2D eigenvalue weighted by atomic mass is 16.6. The number of nitrogens with zero attached hydrogens (tertiary/aromatic N) is 1. The van der Waals surface area contributed by atoms with E-state index in [1.807, 2.05) is 24.3 Å². The number of benzene rings is 1. The fraction of sp³-hybridized carbons (Fsp3) is 0.562. The number of ether oxygens (including phenoxy) is 2. The van der Waals surface area contributed by atoms with Gasteiger partial charge in [0, 0.05) is 19.5 Å². The van der Waals surface area contributed by atoms with Crippen LogP contribution in [0.3, 0.4) is 0 Å². The van der Waals surface area contributed by atoms with E-state index in [1.54, 1.807) is 0 Å². The van der Waals surface area contributed by atoms with Crippen molar-refractivity contribution in [1.82, 2.24) is 4.90 Å². The summed E-state index contributed by atoms with van der Waals surface area (Å²) < 4.78 is 11.7. The number of para-hydroxylation sites is 2. The van der Waals surface area contributed by atoms with Gasteiger partial charge in [0.15, 0.2) is 11.5 Å². The number of carboxylic acid groups (broad SMARTS) is 1. The molecule has 21 heavy (non-hydrogen) atoms. The van der Waals surface area contributed by atoms with Crippen LogP contribution in [0.2, 0.25) is 0 Å². The highest BCUT2D eigenvalue weighted by molar-refractivity contribution is 5.66. The summed E-state index contributed by atoms with van der Waals surface area (Å²) in [6, 6.07) is 7.74. The summed E-state index contributed by atoms with van der Waals surface area (Å²) >= 11 is 0. The number of likely N-dealkylation sites (tertiary alicyclic amines) is 1. The van der Waals surface area contributed by atoms with Crippen molar-refractivity contribution in [3.8, 4) is 11.5 Å². The normalized spacial score (nSPS) is 25.0. The second-order valence-electron chi connectivity index (χ2n) is 5.84. The van der Waals surface area contributed by atoms with E-state index in [4.69, 9.17) is 14.6 Å². The molecule has 2 unspecified atom stereocenters. The van der Waals surface area contributed by atoms with E-state index in [-0.39, 0.29) is 12.5 Å². The molecule has 114 valence electrons. The average Bonchev–Trinajstić information content (AvgIpc) is 2.92. The predicted molar refractivity (Wildman–Crippen MR) is 77.8 cm³/mol. The zero-order chi connectivity index (χ0) is 14.7. The van der Waals surface area contributed by atoms with Crippen LogP contribution < -0.4 is 9.47 Å². The molecule has 1 N–H and O–H groups in total. The first-order chi connectivity index (χ1) is 10.2. The number of aliphatic carboxylic acids is 1. The van der Waals surface area contributed by atoms with Crippen LogP contribution in [0.5, 0.6) is 11.5 Å². The van der Waals surface area contributed by atoms with E-state index in [9.17, 15) is 4.79 Å². The minimum Gasteiger partial charge on any atom is -0.486 e. The first-order valence-corrected chi connectivity index (χ1v) is 7.53. The van der Waals surface area contributed by atoms with Gasteiger partial charge in [0.2, 0.25) is 0 Å². The third-order valence-electron chi connectivity index (χ3n) is 4.17. The molecule has 2 atom stereocenters. The zero-order valence-corrected chi connectivity index (χ0v) is 12.0. The molecule has 0 bridgehead atoms. The Kier molecular flexibility index (Phi) is 4.29. The third-order valence-corrected chi connectivity index (χ3v) is 4.17. The molecule has 0 spiro atoms. The summed E-state index contributed by atoms with van der Waals surface area (Å²) in [7, 11) is 0. The maximum absolute atomic E-state index is 10.6. The second kappa shape index (κ2) is 6.35. The van der Waals surface area contributed by atoms with E-state index in [0.717, 1.165) is 44.0 Å². The number of carboxylic acids is 1. The lowest BCUT2D eigenvalue weighted by Gasteiger charge is -2.29. The van der Waals surface area contributed by atoms with Crippen molar-refractivity contribution in [3.63, 3.8) is 0 Å². The Hall–Kier alpha value is -1.75. The van der Waals surface area contributed by atoms with Gasteiger partial charge in [-0.3, -0.25) is 9.69 Å². The van der Waals surface area contributed by atoms with Gasteiger partial charge >= 0.3 is 5.97 Å². The number of fused-ring (bicyclic) bond motifs is 1. The van der Waals surface area contributed by atoms with Gasteiger partial charge in [0.1, 0.15) is 12.7 Å². The summed E-state index contributed by atoms with van der Waals surface area (Å²) in [5.41, 5.74) is 0. The SMILES string of the molecule is O=C(O)CCC1CCN(CC2COc3ccccc3O2)C1. The molecule has 1 aromatic rings. The monoisotopic (exact) mass is 291 g/mol. The Morgan fingerprint density at radius 3 is 2.95 bits per heavy atom. The van der Waals surface area contributed by atoms with Gasteiger partial charge in [-0.05, 0) is 37.4 Å². The van der Waals surface area contributed by atoms with Gasteiger partial charge < -0.3 is 14.6 Å². The van der Waals surface area contributed by atoms with Gasteiger partial charge in [-0.2, -0.15) is 0 Å². The lowest BCUT2D eigenvalue weighted by molar-refractivity contribution is -0.137. The van der Waals surface area contributed by atoms with Crippen LogP contribution in [-0.4, -0.2) is 48.3 Å². The summed E-state index contributed by atoms with van der Waals surface area (Å²) in [4.78, 5) is 13.0. The molecule has 3 rings (SSSR count). The van der Waals surface area contributed by atoms with Crippen LogP contribution in [-0.2, 0) is 4.79 Å². The van der Waals surface area contributed by atoms with Gasteiger partial charge in [-0.15, -0.1) is 0 Å². The van der Waals surface area contributed by atoms with Crippen molar-refractivity contribution in [2.75, 3.05) is 26.2 Å². The summed E-state index contributed by atoms with van der Waals surface area (Å²) in [5.74, 6) is 1.43. The first kappa shape index (κ1) is 14.2. The second-order valence-corrected chi connectivity index (χ2v) is 5.84. The number of rotatable bonds is 5. The van der Waals surface area contributed by atoms with Crippen molar-refractivity contribution >= 4 is 5.97 Å². The number of hydrogen-bond donors (Lipinski definition) is 1. The lowest BCUT2D eigenvalue weighted by atomic mass is 10.0. The van der Waals surface area contributed by atoms with E-state index >= 15 is 0 Å². The van der Waals surface area contributed by atoms with Crippen LogP contribution in [0, 0.1) is 5.92 Å². The Morgan fingerprint density at radius 2 is 2.14 bits per heavy atom. The fourth-order valence-corrected chi connectivity index (χ4v) is 3.08. The molecule has 2 heterocycles. The molecule has 2 aliphatic rings. The highest BCUT2D eigenvalue weighted by Gasteiger charge is 2.28. The van der Waals surface area contributed by atoms with Crippen LogP contribution >= 0.6 is 0 Å². The lowest BCUT2D eigenvalue weighted by Crippen LogP contribution is -2.40. The summed E-state index contributed by atoms with van der Waals surface area (Å²) in [5, 5.41) is 8.74. The van der Waals surface area contributed by atoms with Crippen LogP contribution in [0.25, 0.3) is 0 Å². The van der Waals surface area contributed by atoms with Gasteiger partial charge in [0.05, 0.1) is 0 Å². The molecule has 1 saturated heterocycles. The molecule has 0 radical (unpaired) electrons. The summed E-state index contributed by atoms with van der Waals surface area (Å²) in [6.45, 7) is 3.41. The van der Waals surface area contributed by atoms with E-state index in [2.05, 4.69) is 4.90 Å². The zero-order valence-electron chi connectivity index (χ0n) is 12.0. The van der Waals surface area contributed by atoms with Crippen LogP contribution in [0.4, 0.5) is 0 Å². The molecule has 5 nitrogen and oxygen atoms in total. The van der Waals surface area contributed by atoms with Crippen molar-refractivity contribution in [2.45, 2.75) is 25.4 Å². The van der Waals surface area contributed by atoms with Crippen LogP contribution in [0.15, 0.2) is 24.3 Å². The summed E-state index contributed by atoms with van der Waals surface area (Å²) in [6.07, 6.45) is 2.18. The van der Waals surface area contributed by atoms with Crippen molar-refractivity contribution in [2.24, 2.45) is 5.92 Å². The molecule has 0 aromatic heterocycles. The van der Waals surface area contributed by atoms with E-state index in [1.165, 1.54) is 0 Å². The minimum absolute atomic E-state index is 0.0538. The first-order valence-electron chi connectivity index (χ1n) is 7.53. The van der Waals surface area contributed by atoms with E-state index in [0.29, 0.717) is 12.5 Å². The van der Waals surface area contributed by atoms with Crippen LogP contribution in [0.1, 0.15) is 19.3 Å². The molecule has 2 aliphatic heterocycles. The van der Waals surface area contributed by atoms with E-state index < -0.39 is 5.97 Å². The topological polar surface area (TPSA) is 59.0 Å². The number of hydrogen-bond acceptors (Lipinski definition) is 4. The Morgan fingerprint density at radius 1 is 1.33 bits per heavy atom. The smallest absolute Gasteiger partial charge is 0.303 e. The largest absolute Gasteiger partial charge is 0.486 e. The highest BCUT2D eigenvalue weighted by Crippen LogP contribution is 2.31. The quantitative estimate of drug-likeness (QED) is 0.899. The molecule has 1 aromatic carbocycles. The number of carbonyl (C=O) groups is 1. The molecular weight excluding hydrogens is 270 g/mol. The molecule has 0 saturated carbocycles. The Bertz CT molecular complexity index is 505. The van der Waals surface area contributed by atoms with Gasteiger partial charge in [-0.25, -0.2) is 0 Å². The third kappa shape index (κ3) is 3.67. The average molecular weight is 291 g/mol. The minimum atomic E-state index is -0.700.